The summed E-state index contributed by atoms with van der Waals surface area (Å²) in [5.41, 5.74) is 0.0176. The van der Waals surface area contributed by atoms with Crippen LogP contribution >= 0.6 is 12.6 Å². The van der Waals surface area contributed by atoms with Gasteiger partial charge in [-0.1, -0.05) is 19.1 Å². The molecule has 1 rings (SSSR count). The summed E-state index contributed by atoms with van der Waals surface area (Å²) < 4.78 is 36.7. The van der Waals surface area contributed by atoms with Crippen LogP contribution in [0, 0.1) is 5.92 Å². The number of benzene rings is 1. The van der Waals surface area contributed by atoms with E-state index in [1.807, 2.05) is 0 Å². The minimum atomic E-state index is -4.32. The second-order valence-electron chi connectivity index (χ2n) is 3.64. The molecule has 0 aromatic heterocycles. The summed E-state index contributed by atoms with van der Waals surface area (Å²) in [4.78, 5) is 10.9. The number of halogens is 3. The maximum atomic E-state index is 12.2. The number of carbonyl (C=O) groups excluding carboxylic acids is 1. The minimum Gasteiger partial charge on any atom is -0.287 e. The molecule has 0 aliphatic rings. The van der Waals surface area contributed by atoms with E-state index in [-0.39, 0.29) is 11.0 Å². The van der Waals surface area contributed by atoms with E-state index in [1.165, 1.54) is 12.1 Å². The van der Waals surface area contributed by atoms with Crippen LogP contribution in [0.25, 0.3) is 0 Å². The van der Waals surface area contributed by atoms with Crippen LogP contribution < -0.4 is 0 Å². The van der Waals surface area contributed by atoms with Crippen LogP contribution in [-0.4, -0.2) is 5.12 Å². The molecular weight excluding hydrogens is 237 g/mol. The third kappa shape index (κ3) is 3.56. The summed E-state index contributed by atoms with van der Waals surface area (Å²) in [5.74, 6) is -0.292. The van der Waals surface area contributed by atoms with Gasteiger partial charge in [-0.3, -0.25) is 4.79 Å². The molecule has 1 aromatic rings. The molecule has 0 saturated carbocycles. The van der Waals surface area contributed by atoms with Gasteiger partial charge in [0.05, 0.1) is 5.56 Å². The standard InChI is InChI=1S/C11H11F3OS/c1-7(10(15)16)6-8-2-4-9(5-3-8)11(12,13)14/h2-5,7H,6H2,1H3,(H,15,16). The van der Waals surface area contributed by atoms with Crippen molar-refractivity contribution < 1.29 is 18.0 Å². The molecule has 0 amide bonds. The smallest absolute Gasteiger partial charge is 0.287 e. The molecule has 0 spiro atoms. The first-order valence-corrected chi connectivity index (χ1v) is 5.14. The van der Waals surface area contributed by atoms with Gasteiger partial charge in [-0.05, 0) is 24.1 Å². The molecule has 1 atom stereocenters. The van der Waals surface area contributed by atoms with E-state index in [0.717, 1.165) is 12.1 Å². The monoisotopic (exact) mass is 248 g/mol. The Labute approximate surface area is 97.1 Å². The van der Waals surface area contributed by atoms with E-state index in [0.29, 0.717) is 12.0 Å². The zero-order chi connectivity index (χ0) is 12.3. The lowest BCUT2D eigenvalue weighted by atomic mass is 10.0. The number of carbonyl (C=O) groups is 1. The number of alkyl halides is 3. The largest absolute Gasteiger partial charge is 0.416 e. The summed E-state index contributed by atoms with van der Waals surface area (Å²) in [6.07, 6.45) is -3.91. The Hall–Kier alpha value is -0.970. The van der Waals surface area contributed by atoms with Gasteiger partial charge in [-0.15, -0.1) is 12.6 Å². The summed E-state index contributed by atoms with van der Waals surface area (Å²) in [6, 6.07) is 4.81. The maximum absolute atomic E-state index is 12.2. The van der Waals surface area contributed by atoms with Crippen molar-refractivity contribution in [1.82, 2.24) is 0 Å². The van der Waals surface area contributed by atoms with Crippen LogP contribution in [-0.2, 0) is 17.4 Å². The number of hydrogen-bond acceptors (Lipinski definition) is 1. The number of hydrogen-bond donors (Lipinski definition) is 1. The Bertz CT molecular complexity index is 370. The van der Waals surface area contributed by atoms with Crippen LogP contribution in [0.4, 0.5) is 13.2 Å². The molecule has 1 aromatic carbocycles. The van der Waals surface area contributed by atoms with Crippen molar-refractivity contribution in [3.05, 3.63) is 35.4 Å². The van der Waals surface area contributed by atoms with Crippen molar-refractivity contribution in [2.75, 3.05) is 0 Å². The molecule has 5 heteroatoms. The van der Waals surface area contributed by atoms with Gasteiger partial charge in [0, 0.05) is 5.92 Å². The van der Waals surface area contributed by atoms with E-state index in [1.54, 1.807) is 6.92 Å². The molecular formula is C11H11F3OS. The Morgan fingerprint density at radius 2 is 1.81 bits per heavy atom. The quantitative estimate of drug-likeness (QED) is 0.812. The molecule has 0 aliphatic carbocycles. The van der Waals surface area contributed by atoms with Gasteiger partial charge < -0.3 is 0 Å². The fourth-order valence-electron chi connectivity index (χ4n) is 1.27. The molecule has 0 radical (unpaired) electrons. The second kappa shape index (κ2) is 4.91. The lowest BCUT2D eigenvalue weighted by molar-refractivity contribution is -0.137. The minimum absolute atomic E-state index is 0.264. The third-order valence-corrected chi connectivity index (χ3v) is 2.69. The molecule has 16 heavy (non-hydrogen) atoms. The average Bonchev–Trinajstić information content (AvgIpc) is 2.17. The maximum Gasteiger partial charge on any atom is 0.416 e. The Kier molecular flexibility index (Phi) is 4.02. The molecule has 0 fully saturated rings. The summed E-state index contributed by atoms with van der Waals surface area (Å²) >= 11 is 3.67. The molecule has 0 N–H and O–H groups in total. The Morgan fingerprint density at radius 3 is 2.19 bits per heavy atom. The third-order valence-electron chi connectivity index (χ3n) is 2.24. The molecule has 0 heterocycles. The van der Waals surface area contributed by atoms with Crippen molar-refractivity contribution in [1.29, 1.82) is 0 Å². The summed E-state index contributed by atoms with van der Waals surface area (Å²) in [5, 5.41) is -0.264. The van der Waals surface area contributed by atoms with Crippen LogP contribution in [0.5, 0.6) is 0 Å². The predicted molar refractivity (Wildman–Crippen MR) is 58.3 cm³/mol. The van der Waals surface area contributed by atoms with Crippen molar-refractivity contribution in [2.24, 2.45) is 5.92 Å². The fraction of sp³-hybridized carbons (Fsp3) is 0.364. The zero-order valence-corrected chi connectivity index (χ0v) is 9.48. The second-order valence-corrected chi connectivity index (χ2v) is 4.08. The van der Waals surface area contributed by atoms with Gasteiger partial charge in [0.1, 0.15) is 0 Å². The molecule has 0 aliphatic heterocycles. The highest BCUT2D eigenvalue weighted by molar-refractivity contribution is 7.96. The van der Waals surface area contributed by atoms with Crippen molar-refractivity contribution in [3.8, 4) is 0 Å². The SMILES string of the molecule is CC(Cc1ccc(C(F)(F)F)cc1)C(=O)S. The molecule has 0 bridgehead atoms. The normalized spacial score (nSPS) is 13.6. The van der Waals surface area contributed by atoms with Crippen molar-refractivity contribution in [2.45, 2.75) is 19.5 Å². The van der Waals surface area contributed by atoms with Crippen LogP contribution in [0.2, 0.25) is 0 Å². The lowest BCUT2D eigenvalue weighted by Crippen LogP contribution is -2.08. The topological polar surface area (TPSA) is 17.1 Å². The van der Waals surface area contributed by atoms with Crippen LogP contribution in [0.3, 0.4) is 0 Å². The van der Waals surface area contributed by atoms with Crippen molar-refractivity contribution >= 4 is 17.7 Å². The van der Waals surface area contributed by atoms with Crippen LogP contribution in [0.1, 0.15) is 18.1 Å². The molecule has 1 nitrogen and oxygen atoms in total. The first kappa shape index (κ1) is 13.1. The van der Waals surface area contributed by atoms with E-state index < -0.39 is 11.7 Å². The molecule has 1 unspecified atom stereocenters. The highest BCUT2D eigenvalue weighted by Crippen LogP contribution is 2.29. The molecule has 0 saturated heterocycles. The van der Waals surface area contributed by atoms with Gasteiger partial charge in [0.2, 0.25) is 0 Å². The number of thiol groups is 1. The first-order valence-electron chi connectivity index (χ1n) is 4.69. The van der Waals surface area contributed by atoms with Gasteiger partial charge in [0.15, 0.2) is 5.12 Å². The van der Waals surface area contributed by atoms with E-state index >= 15 is 0 Å². The number of rotatable bonds is 3. The zero-order valence-electron chi connectivity index (χ0n) is 8.58. The highest BCUT2D eigenvalue weighted by atomic mass is 32.1. The van der Waals surface area contributed by atoms with E-state index in [2.05, 4.69) is 12.6 Å². The first-order chi connectivity index (χ1) is 7.30. The van der Waals surface area contributed by atoms with E-state index in [9.17, 15) is 18.0 Å². The Balaban J connectivity index is 2.76. The highest BCUT2D eigenvalue weighted by Gasteiger charge is 2.29. The summed E-state index contributed by atoms with van der Waals surface area (Å²) in [6.45, 7) is 1.69. The molecule has 88 valence electrons. The van der Waals surface area contributed by atoms with Gasteiger partial charge in [-0.2, -0.15) is 13.2 Å². The Morgan fingerprint density at radius 1 is 1.31 bits per heavy atom. The van der Waals surface area contributed by atoms with E-state index in [4.69, 9.17) is 0 Å². The van der Waals surface area contributed by atoms with Gasteiger partial charge in [-0.25, -0.2) is 0 Å². The van der Waals surface area contributed by atoms with Crippen LogP contribution in [0.15, 0.2) is 24.3 Å². The fourth-order valence-corrected chi connectivity index (χ4v) is 1.36. The van der Waals surface area contributed by atoms with Crippen molar-refractivity contribution in [3.63, 3.8) is 0 Å². The average molecular weight is 248 g/mol. The van der Waals surface area contributed by atoms with Gasteiger partial charge in [0.25, 0.3) is 0 Å². The lowest BCUT2D eigenvalue weighted by Gasteiger charge is -2.09. The predicted octanol–water partition coefficient (Wildman–Crippen LogP) is 3.34. The summed E-state index contributed by atoms with van der Waals surface area (Å²) in [7, 11) is 0. The van der Waals surface area contributed by atoms with Gasteiger partial charge >= 0.3 is 6.18 Å².